The number of carbonyl (C=O) groups is 3. The van der Waals surface area contributed by atoms with Gasteiger partial charge in [0.15, 0.2) is 0 Å². The molecule has 2 aromatic rings. The van der Waals surface area contributed by atoms with Gasteiger partial charge >= 0.3 is 6.03 Å². The molecule has 1 aliphatic carbocycles. The third kappa shape index (κ3) is 4.11. The normalized spacial score (nSPS) is 16.9. The van der Waals surface area contributed by atoms with Crippen LogP contribution in [0.2, 0.25) is 0 Å². The van der Waals surface area contributed by atoms with E-state index < -0.39 is 0 Å². The van der Waals surface area contributed by atoms with Crippen molar-refractivity contribution in [2.75, 3.05) is 32.7 Å². The van der Waals surface area contributed by atoms with Crippen LogP contribution in [0.5, 0.6) is 0 Å². The second-order valence-corrected chi connectivity index (χ2v) is 7.35. The van der Waals surface area contributed by atoms with Gasteiger partial charge in [-0.1, -0.05) is 18.2 Å². The zero-order valence-electron chi connectivity index (χ0n) is 15.7. The Morgan fingerprint density at radius 3 is 2.50 bits per heavy atom. The molecule has 4 rings (SSSR count). The van der Waals surface area contributed by atoms with E-state index in [-0.39, 0.29) is 17.8 Å². The molecule has 148 valence electrons. The molecule has 0 atom stereocenters. The molecule has 8 nitrogen and oxygen atoms in total. The van der Waals surface area contributed by atoms with Gasteiger partial charge < -0.3 is 25.4 Å². The lowest BCUT2D eigenvalue weighted by atomic mass is 10.1. The van der Waals surface area contributed by atoms with E-state index in [9.17, 15) is 14.4 Å². The van der Waals surface area contributed by atoms with E-state index in [2.05, 4.69) is 15.6 Å². The van der Waals surface area contributed by atoms with Crippen molar-refractivity contribution in [3.05, 3.63) is 36.0 Å². The molecule has 0 bridgehead atoms. The highest BCUT2D eigenvalue weighted by molar-refractivity contribution is 6.06. The number of rotatable bonds is 5. The Morgan fingerprint density at radius 1 is 1.04 bits per heavy atom. The fourth-order valence-electron chi connectivity index (χ4n) is 3.45. The zero-order chi connectivity index (χ0) is 19.5. The minimum Gasteiger partial charge on any atom is -0.360 e. The molecule has 1 aromatic carbocycles. The van der Waals surface area contributed by atoms with Crippen LogP contribution in [0.3, 0.4) is 0 Å². The Bertz CT molecular complexity index is 881. The molecule has 1 aliphatic heterocycles. The summed E-state index contributed by atoms with van der Waals surface area (Å²) >= 11 is 0. The van der Waals surface area contributed by atoms with Crippen LogP contribution in [0.25, 0.3) is 10.9 Å². The van der Waals surface area contributed by atoms with Gasteiger partial charge in [-0.05, 0) is 18.9 Å². The minimum absolute atomic E-state index is 0.0167. The number of urea groups is 1. The summed E-state index contributed by atoms with van der Waals surface area (Å²) in [7, 11) is 0. The number of hydrogen-bond acceptors (Lipinski definition) is 3. The number of amides is 4. The molecule has 2 heterocycles. The standard InChI is InChI=1S/C20H25N5O3/c26-18(23-14-5-6-14)7-8-21-20(28)25-11-9-24(10-12-25)19(27)16-13-22-17-4-2-1-3-15(16)17/h1-4,13-14,22H,5-12H2,(H,21,28)(H,23,26). The largest absolute Gasteiger partial charge is 0.360 e. The van der Waals surface area contributed by atoms with Crippen molar-refractivity contribution in [3.63, 3.8) is 0 Å². The average molecular weight is 383 g/mol. The molecule has 0 spiro atoms. The van der Waals surface area contributed by atoms with Crippen molar-refractivity contribution < 1.29 is 14.4 Å². The van der Waals surface area contributed by atoms with E-state index in [1.54, 1.807) is 16.0 Å². The van der Waals surface area contributed by atoms with Crippen LogP contribution in [-0.4, -0.2) is 71.4 Å². The lowest BCUT2D eigenvalue weighted by Crippen LogP contribution is -2.53. The summed E-state index contributed by atoms with van der Waals surface area (Å²) in [5.74, 6) is -0.0359. The number of aromatic amines is 1. The number of nitrogens with one attached hydrogen (secondary N) is 3. The van der Waals surface area contributed by atoms with Gasteiger partial charge in [-0.25, -0.2) is 4.79 Å². The quantitative estimate of drug-likeness (QED) is 0.726. The number of piperazine rings is 1. The predicted octanol–water partition coefficient (Wildman–Crippen LogP) is 1.30. The van der Waals surface area contributed by atoms with Gasteiger partial charge in [0.2, 0.25) is 5.91 Å². The van der Waals surface area contributed by atoms with Gasteiger partial charge in [0, 0.05) is 62.3 Å². The van der Waals surface area contributed by atoms with Gasteiger partial charge in [-0.2, -0.15) is 0 Å². The molecule has 28 heavy (non-hydrogen) atoms. The summed E-state index contributed by atoms with van der Waals surface area (Å²) in [6, 6.07) is 7.88. The third-order valence-corrected chi connectivity index (χ3v) is 5.24. The molecule has 1 saturated heterocycles. The molecule has 4 amide bonds. The first-order valence-electron chi connectivity index (χ1n) is 9.79. The first kappa shape index (κ1) is 18.3. The van der Waals surface area contributed by atoms with Crippen LogP contribution in [-0.2, 0) is 4.79 Å². The summed E-state index contributed by atoms with van der Waals surface area (Å²) in [6.45, 7) is 2.27. The van der Waals surface area contributed by atoms with Gasteiger partial charge in [0.25, 0.3) is 5.91 Å². The van der Waals surface area contributed by atoms with Crippen LogP contribution >= 0.6 is 0 Å². The van der Waals surface area contributed by atoms with E-state index in [4.69, 9.17) is 0 Å². The van der Waals surface area contributed by atoms with Crippen LogP contribution in [0.4, 0.5) is 4.79 Å². The molecule has 8 heteroatoms. The lowest BCUT2D eigenvalue weighted by Gasteiger charge is -2.34. The molecule has 2 aliphatic rings. The van der Waals surface area contributed by atoms with Crippen LogP contribution in [0.1, 0.15) is 29.6 Å². The maximum atomic E-state index is 12.8. The average Bonchev–Trinajstić information content (AvgIpc) is 3.42. The smallest absolute Gasteiger partial charge is 0.317 e. The zero-order valence-corrected chi connectivity index (χ0v) is 15.7. The number of fused-ring (bicyclic) bond motifs is 1. The Labute approximate surface area is 163 Å². The van der Waals surface area contributed by atoms with E-state index in [0.29, 0.717) is 50.7 Å². The number of para-hydroxylation sites is 1. The van der Waals surface area contributed by atoms with Crippen LogP contribution < -0.4 is 10.6 Å². The van der Waals surface area contributed by atoms with Gasteiger partial charge in [0.1, 0.15) is 0 Å². The minimum atomic E-state index is -0.182. The van der Waals surface area contributed by atoms with E-state index >= 15 is 0 Å². The molecular weight excluding hydrogens is 358 g/mol. The fraction of sp³-hybridized carbons (Fsp3) is 0.450. The molecule has 2 fully saturated rings. The first-order chi connectivity index (χ1) is 13.6. The molecular formula is C20H25N5O3. The summed E-state index contributed by atoms with van der Waals surface area (Å²) in [5, 5.41) is 6.61. The second kappa shape index (κ2) is 7.92. The highest BCUT2D eigenvalue weighted by Crippen LogP contribution is 2.20. The Balaban J connectivity index is 1.24. The Kier molecular flexibility index (Phi) is 5.18. The van der Waals surface area contributed by atoms with Gasteiger partial charge in [-0.15, -0.1) is 0 Å². The first-order valence-corrected chi connectivity index (χ1v) is 9.79. The van der Waals surface area contributed by atoms with Crippen molar-refractivity contribution in [1.82, 2.24) is 25.4 Å². The number of nitrogens with zero attached hydrogens (tertiary/aromatic N) is 2. The number of aromatic nitrogens is 1. The highest BCUT2D eigenvalue weighted by Gasteiger charge is 2.26. The van der Waals surface area contributed by atoms with Gasteiger partial charge in [0.05, 0.1) is 5.56 Å². The number of hydrogen-bond donors (Lipinski definition) is 3. The van der Waals surface area contributed by atoms with Crippen LogP contribution in [0.15, 0.2) is 30.5 Å². The molecule has 0 unspecified atom stereocenters. The van der Waals surface area contributed by atoms with Crippen molar-refractivity contribution in [2.45, 2.75) is 25.3 Å². The number of H-pyrrole nitrogens is 1. The molecule has 0 radical (unpaired) electrons. The summed E-state index contributed by atoms with van der Waals surface area (Å²) in [4.78, 5) is 43.4. The topological polar surface area (TPSA) is 97.5 Å². The van der Waals surface area contributed by atoms with Crippen molar-refractivity contribution in [1.29, 1.82) is 0 Å². The summed E-state index contributed by atoms with van der Waals surface area (Å²) in [5.41, 5.74) is 1.60. The third-order valence-electron chi connectivity index (χ3n) is 5.24. The maximum absolute atomic E-state index is 12.8. The monoisotopic (exact) mass is 383 g/mol. The molecule has 1 aromatic heterocycles. The highest BCUT2D eigenvalue weighted by atomic mass is 16.2. The fourth-order valence-corrected chi connectivity index (χ4v) is 3.45. The van der Waals surface area contributed by atoms with E-state index in [1.807, 2.05) is 24.3 Å². The SMILES string of the molecule is O=C(CCNC(=O)N1CCN(C(=O)c2c[nH]c3ccccc23)CC1)NC1CC1. The predicted molar refractivity (Wildman–Crippen MR) is 105 cm³/mol. The van der Waals surface area contributed by atoms with Gasteiger partial charge in [-0.3, -0.25) is 9.59 Å². The van der Waals surface area contributed by atoms with E-state index in [0.717, 1.165) is 23.7 Å². The summed E-state index contributed by atoms with van der Waals surface area (Å²) in [6.07, 6.45) is 4.15. The molecule has 3 N–H and O–H groups in total. The number of carbonyl (C=O) groups excluding carboxylic acids is 3. The van der Waals surface area contributed by atoms with E-state index in [1.165, 1.54) is 0 Å². The summed E-state index contributed by atoms with van der Waals surface area (Å²) < 4.78 is 0. The second-order valence-electron chi connectivity index (χ2n) is 7.35. The lowest BCUT2D eigenvalue weighted by molar-refractivity contribution is -0.121. The Morgan fingerprint density at radius 2 is 1.75 bits per heavy atom. The van der Waals surface area contributed by atoms with Crippen LogP contribution in [0, 0.1) is 0 Å². The van der Waals surface area contributed by atoms with Crippen molar-refractivity contribution in [2.24, 2.45) is 0 Å². The number of benzene rings is 1. The van der Waals surface area contributed by atoms with Crippen molar-refractivity contribution in [3.8, 4) is 0 Å². The molecule has 1 saturated carbocycles. The Hall–Kier alpha value is -3.03. The maximum Gasteiger partial charge on any atom is 0.317 e. The van der Waals surface area contributed by atoms with Crippen molar-refractivity contribution >= 4 is 28.7 Å².